The van der Waals surface area contributed by atoms with E-state index in [0.717, 1.165) is 6.42 Å². The molecule has 0 heterocycles. The number of aliphatic carboxylic acids is 1. The quantitative estimate of drug-likeness (QED) is 0.655. The van der Waals surface area contributed by atoms with E-state index in [-0.39, 0.29) is 19.1 Å². The fraction of sp³-hybridized carbons (Fsp3) is 0.500. The molecule has 0 spiro atoms. The van der Waals surface area contributed by atoms with E-state index in [1.807, 2.05) is 6.92 Å². The van der Waals surface area contributed by atoms with Crippen LogP contribution in [-0.2, 0) is 4.79 Å². The molecule has 0 aliphatic carbocycles. The smallest absolute Gasteiger partial charge is 0.323 e. The van der Waals surface area contributed by atoms with Gasteiger partial charge in [-0.25, -0.2) is 4.79 Å². The van der Waals surface area contributed by atoms with E-state index in [2.05, 4.69) is 13.2 Å². The van der Waals surface area contributed by atoms with Crippen LogP contribution in [0, 0.1) is 0 Å². The average molecular weight is 240 g/mol. The van der Waals surface area contributed by atoms with Crippen LogP contribution < -0.4 is 0 Å². The molecule has 5 nitrogen and oxygen atoms in total. The second-order valence-corrected chi connectivity index (χ2v) is 3.58. The molecule has 96 valence electrons. The molecular formula is C12H20N2O3. The van der Waals surface area contributed by atoms with Crippen molar-refractivity contribution in [1.82, 2.24) is 9.80 Å². The van der Waals surface area contributed by atoms with E-state index in [9.17, 15) is 9.59 Å². The first-order chi connectivity index (χ1) is 8.06. The van der Waals surface area contributed by atoms with Gasteiger partial charge in [0.2, 0.25) is 0 Å². The Hall–Kier alpha value is -1.78. The van der Waals surface area contributed by atoms with Gasteiger partial charge in [-0.05, 0) is 6.42 Å². The van der Waals surface area contributed by atoms with Crippen LogP contribution >= 0.6 is 0 Å². The monoisotopic (exact) mass is 240 g/mol. The summed E-state index contributed by atoms with van der Waals surface area (Å²) in [5.41, 5.74) is 0. The minimum Gasteiger partial charge on any atom is -0.480 e. The van der Waals surface area contributed by atoms with Gasteiger partial charge in [0.05, 0.1) is 0 Å². The van der Waals surface area contributed by atoms with Crippen molar-refractivity contribution in [2.75, 3.05) is 26.2 Å². The van der Waals surface area contributed by atoms with Gasteiger partial charge in [0.1, 0.15) is 6.54 Å². The predicted molar refractivity (Wildman–Crippen MR) is 66.9 cm³/mol. The number of amides is 2. The number of carboxylic acid groups (broad SMARTS) is 1. The first-order valence-electron chi connectivity index (χ1n) is 5.54. The molecule has 0 aromatic rings. The Morgan fingerprint density at radius 1 is 1.18 bits per heavy atom. The number of carbonyl (C=O) groups excluding carboxylic acids is 1. The molecule has 0 saturated carbocycles. The molecule has 0 fully saturated rings. The first kappa shape index (κ1) is 15.2. The maximum atomic E-state index is 12.0. The zero-order valence-corrected chi connectivity index (χ0v) is 10.3. The van der Waals surface area contributed by atoms with Crippen LogP contribution in [0.2, 0.25) is 0 Å². The van der Waals surface area contributed by atoms with Crippen LogP contribution in [0.1, 0.15) is 13.3 Å². The summed E-state index contributed by atoms with van der Waals surface area (Å²) < 4.78 is 0. The van der Waals surface area contributed by atoms with Gasteiger partial charge in [0.25, 0.3) is 0 Å². The van der Waals surface area contributed by atoms with E-state index in [0.29, 0.717) is 13.1 Å². The van der Waals surface area contributed by atoms with E-state index < -0.39 is 5.97 Å². The van der Waals surface area contributed by atoms with Gasteiger partial charge in [0.15, 0.2) is 0 Å². The minimum absolute atomic E-state index is 0.225. The average Bonchev–Trinajstić information content (AvgIpc) is 2.27. The highest BCUT2D eigenvalue weighted by Crippen LogP contribution is 2.01. The number of hydrogen-bond donors (Lipinski definition) is 1. The number of nitrogens with zero attached hydrogens (tertiary/aromatic N) is 2. The van der Waals surface area contributed by atoms with Gasteiger partial charge in [-0.1, -0.05) is 19.1 Å². The van der Waals surface area contributed by atoms with Crippen molar-refractivity contribution < 1.29 is 14.7 Å². The molecule has 5 heteroatoms. The highest BCUT2D eigenvalue weighted by molar-refractivity contribution is 5.80. The Morgan fingerprint density at radius 3 is 2.12 bits per heavy atom. The summed E-state index contributed by atoms with van der Waals surface area (Å²) in [6.45, 7) is 9.96. The lowest BCUT2D eigenvalue weighted by Gasteiger charge is -2.28. The van der Waals surface area contributed by atoms with Crippen LogP contribution in [0.4, 0.5) is 4.79 Å². The van der Waals surface area contributed by atoms with Gasteiger partial charge in [-0.3, -0.25) is 4.79 Å². The number of carbonyl (C=O) groups is 2. The molecule has 0 unspecified atom stereocenters. The molecule has 0 bridgehead atoms. The van der Waals surface area contributed by atoms with Gasteiger partial charge in [0, 0.05) is 19.6 Å². The lowest BCUT2D eigenvalue weighted by molar-refractivity contribution is -0.137. The van der Waals surface area contributed by atoms with Gasteiger partial charge < -0.3 is 14.9 Å². The van der Waals surface area contributed by atoms with E-state index in [4.69, 9.17) is 5.11 Å². The lowest BCUT2D eigenvalue weighted by Crippen LogP contribution is -2.45. The van der Waals surface area contributed by atoms with E-state index >= 15 is 0 Å². The normalized spacial score (nSPS) is 9.47. The highest BCUT2D eigenvalue weighted by Gasteiger charge is 2.20. The van der Waals surface area contributed by atoms with Crippen LogP contribution in [0.5, 0.6) is 0 Å². The molecule has 2 amide bonds. The van der Waals surface area contributed by atoms with E-state index in [1.165, 1.54) is 11.0 Å². The molecule has 1 N–H and O–H groups in total. The zero-order valence-electron chi connectivity index (χ0n) is 10.3. The maximum absolute atomic E-state index is 12.0. The fourth-order valence-electron chi connectivity index (χ4n) is 1.42. The van der Waals surface area contributed by atoms with Crippen molar-refractivity contribution in [3.05, 3.63) is 25.3 Å². The number of rotatable bonds is 8. The van der Waals surface area contributed by atoms with Crippen LogP contribution in [-0.4, -0.2) is 53.1 Å². The Kier molecular flexibility index (Phi) is 7.50. The largest absolute Gasteiger partial charge is 0.480 e. The van der Waals surface area contributed by atoms with Crippen molar-refractivity contribution >= 4 is 12.0 Å². The molecule has 0 aromatic carbocycles. The fourth-order valence-corrected chi connectivity index (χ4v) is 1.42. The van der Waals surface area contributed by atoms with Crippen molar-refractivity contribution in [2.24, 2.45) is 0 Å². The summed E-state index contributed by atoms with van der Waals surface area (Å²) >= 11 is 0. The molecule has 0 rings (SSSR count). The summed E-state index contributed by atoms with van der Waals surface area (Å²) in [5.74, 6) is -1.03. The van der Waals surface area contributed by atoms with Crippen molar-refractivity contribution in [1.29, 1.82) is 0 Å². The third-order valence-corrected chi connectivity index (χ3v) is 2.06. The van der Waals surface area contributed by atoms with Crippen LogP contribution in [0.15, 0.2) is 25.3 Å². The third kappa shape index (κ3) is 5.75. The molecule has 0 saturated heterocycles. The summed E-state index contributed by atoms with van der Waals surface area (Å²) in [6.07, 6.45) is 3.95. The van der Waals surface area contributed by atoms with Gasteiger partial charge in [-0.15, -0.1) is 13.2 Å². The zero-order chi connectivity index (χ0) is 13.3. The standard InChI is InChI=1S/C12H20N2O3/c1-4-7-13(8-5-2)12(17)14(9-6-3)10-11(15)16/h4,6H,1,3,5,7-10H2,2H3,(H,15,16). The summed E-state index contributed by atoms with van der Waals surface area (Å²) in [4.78, 5) is 25.5. The Balaban J connectivity index is 4.68. The number of hydrogen-bond acceptors (Lipinski definition) is 2. The summed E-state index contributed by atoms with van der Waals surface area (Å²) in [6, 6.07) is -0.297. The molecular weight excluding hydrogens is 220 g/mol. The Morgan fingerprint density at radius 2 is 1.71 bits per heavy atom. The number of urea groups is 1. The van der Waals surface area contributed by atoms with Gasteiger partial charge >= 0.3 is 12.0 Å². The molecule has 0 radical (unpaired) electrons. The topological polar surface area (TPSA) is 60.9 Å². The molecule has 0 aliphatic heterocycles. The highest BCUT2D eigenvalue weighted by atomic mass is 16.4. The van der Waals surface area contributed by atoms with Crippen molar-refractivity contribution in [3.8, 4) is 0 Å². The van der Waals surface area contributed by atoms with Crippen molar-refractivity contribution in [2.45, 2.75) is 13.3 Å². The minimum atomic E-state index is -1.03. The molecule has 0 atom stereocenters. The first-order valence-corrected chi connectivity index (χ1v) is 5.54. The van der Waals surface area contributed by atoms with E-state index in [1.54, 1.807) is 11.0 Å². The van der Waals surface area contributed by atoms with Crippen molar-refractivity contribution in [3.63, 3.8) is 0 Å². The third-order valence-electron chi connectivity index (χ3n) is 2.06. The summed E-state index contributed by atoms with van der Waals surface area (Å²) in [5, 5.41) is 8.73. The lowest BCUT2D eigenvalue weighted by atomic mass is 10.4. The van der Waals surface area contributed by atoms with Crippen LogP contribution in [0.3, 0.4) is 0 Å². The predicted octanol–water partition coefficient (Wildman–Crippen LogP) is 1.58. The van der Waals surface area contributed by atoms with Gasteiger partial charge in [-0.2, -0.15) is 0 Å². The summed E-state index contributed by atoms with van der Waals surface area (Å²) in [7, 11) is 0. The molecule has 0 aromatic heterocycles. The Bertz CT molecular complexity index is 289. The molecule has 0 aliphatic rings. The molecule has 17 heavy (non-hydrogen) atoms. The van der Waals surface area contributed by atoms with Crippen LogP contribution in [0.25, 0.3) is 0 Å². The number of carboxylic acids is 1. The second-order valence-electron chi connectivity index (χ2n) is 3.58. The maximum Gasteiger partial charge on any atom is 0.323 e. The Labute approximate surface area is 102 Å². The SMILES string of the molecule is C=CCN(CCC)C(=O)N(CC=C)CC(=O)O. The second kappa shape index (κ2) is 8.38.